The number of hydrogen-bond donors (Lipinski definition) is 4. The Morgan fingerprint density at radius 1 is 0.522 bits per heavy atom. The van der Waals surface area contributed by atoms with Crippen molar-refractivity contribution in [2.75, 3.05) is 101 Å². The third-order valence-corrected chi connectivity index (χ3v) is 22.7. The minimum Gasteiger partial charge on any atom is -1.00 e. The standard InChI is InChI=1S/C29H36ClN5O5.C27H30ClN5O4.C25H30ClN5O4.C5H10O4S.C3H4O2.C2H2.CH2O3.3CH4.2Cs.H/c1-18-15-19(10-12-31-18)26(36)33-27-32-22-8-9-23(39-21-11-14-38-17-21)24(30)25(22)35(27)20-7-5-6-13-34(16-20)28(37)40-29(2,3)4;1-3-23(34)32-12-5-4-6-19(15-32)33-25-21(7-8-22(24(25)28)37-20-10-13-36-16-20)30-27(33)31-26(35)18-9-11-29-17(2)14-18;1-15-13-16(10-11-27-15)22(33)29-23-28-18-8-9-19(32)20(26)21(18)31(23)17-7-5-6-12-30(14-17)24(34)35-25(2,3)4;1-10(6,7)9-5-2-3-8-4-5;1-2-5-3-4;1-2;2-1-4-3;;;;;;/h8-10,12,15,20-21H,5-7,11,13-14,16-17H2,1-4H3,(H,32,33,36);3,7-9,11,14,19-20H,1,4-6,10,12-13,15-16H2,2H3,(H,30,31,35);8-11,13,17,32H,5-7,12,14H2,1-4H3,(H,28,29,33);5H,2-4H2,1H3;2-3H,1H2;1-2H;1,3H;3*1H4;;;/q;;;;;;;;;;2*+1;-1/p-1/t20-,21?;19-,20?;17-;;;;;;;;;;/m111........../s1. The fraction of sp³-hybridized carbons (Fsp3) is 0.474. The second kappa shape index (κ2) is 59.2. The number of phenolic OH excluding ortho intramolecular Hbond substituents is 1. The van der Waals surface area contributed by atoms with Gasteiger partial charge in [-0.25, -0.2) is 24.5 Å². The molecule has 3 unspecified atom stereocenters. The first-order valence-electron chi connectivity index (χ1n) is 43.1. The zero-order chi connectivity index (χ0) is 96.9. The van der Waals surface area contributed by atoms with Crippen molar-refractivity contribution in [3.8, 4) is 30.1 Å². The Labute approximate surface area is 940 Å². The Morgan fingerprint density at radius 2 is 0.855 bits per heavy atom. The van der Waals surface area contributed by atoms with Crippen LogP contribution >= 0.6 is 34.8 Å². The summed E-state index contributed by atoms with van der Waals surface area (Å²) >= 11 is 20.5. The fourth-order valence-corrected chi connectivity index (χ4v) is 16.7. The number of hydrogen-bond acceptors (Lipinski definition) is 28. The minimum absolute atomic E-state index is 0. The summed E-state index contributed by atoms with van der Waals surface area (Å²) in [6.45, 7) is 29.7. The number of imidazole rings is 3. The molecular formula is C95H126Cl3Cs2N15O22S. The van der Waals surface area contributed by atoms with Gasteiger partial charge in [-0.2, -0.15) is 8.42 Å². The second-order valence-electron chi connectivity index (χ2n) is 33.5. The van der Waals surface area contributed by atoms with Gasteiger partial charge in [-0.05, 0) is 199 Å². The molecule has 0 radical (unpaired) electrons. The molecule has 6 atom stereocenters. The number of halogens is 3. The number of amides is 6. The van der Waals surface area contributed by atoms with Gasteiger partial charge in [-0.1, -0.05) is 70.2 Å². The van der Waals surface area contributed by atoms with E-state index in [0.717, 1.165) is 100 Å². The summed E-state index contributed by atoms with van der Waals surface area (Å²) in [5.74, 6) is 0.941. The molecule has 4 N–H and O–H groups in total. The molecule has 6 aliphatic heterocycles. The third-order valence-electron chi connectivity index (χ3n) is 21.0. The maximum Gasteiger partial charge on any atom is 1.00 e. The maximum atomic E-state index is 13.3. The molecule has 6 aliphatic rings. The summed E-state index contributed by atoms with van der Waals surface area (Å²) < 4.78 is 74.8. The molecule has 3 aromatic carbocycles. The summed E-state index contributed by atoms with van der Waals surface area (Å²) in [7, 11) is -3.29. The average molecular weight is 2230 g/mol. The number of pyridine rings is 3. The summed E-state index contributed by atoms with van der Waals surface area (Å²) in [5, 5.41) is 28.6. The molecule has 43 heteroatoms. The zero-order valence-electron chi connectivity index (χ0n) is 78.9. The van der Waals surface area contributed by atoms with Crippen molar-refractivity contribution in [2.45, 2.75) is 209 Å². The first kappa shape index (κ1) is 122. The molecule has 0 bridgehead atoms. The van der Waals surface area contributed by atoms with Crippen molar-refractivity contribution >= 4 is 145 Å². The number of carbonyl (C=O) groups is 8. The molecule has 0 saturated carbocycles. The van der Waals surface area contributed by atoms with Gasteiger partial charge in [0, 0.05) is 118 Å². The van der Waals surface area contributed by atoms with Crippen molar-refractivity contribution in [1.82, 2.24) is 58.3 Å². The number of fused-ring (bicyclic) bond motifs is 3. The number of ether oxygens (including phenoxy) is 8. The Bertz CT molecular complexity index is 5700. The van der Waals surface area contributed by atoms with Crippen LogP contribution in [-0.2, 0) is 62.0 Å². The number of aryl methyl sites for hydroxylation is 3. The predicted molar refractivity (Wildman–Crippen MR) is 518 cm³/mol. The third kappa shape index (κ3) is 36.2. The fourth-order valence-electron chi connectivity index (χ4n) is 15.2. The molecule has 9 aromatic rings. The molecular weight excluding hydrogens is 2110 g/mol. The molecule has 6 aromatic heterocycles. The Kier molecular flexibility index (Phi) is 52.5. The molecule has 0 aliphatic carbocycles. The molecule has 12 heterocycles. The SMILES string of the molecule is C.C.C.C#C.C=CC(=O)N1CCCC[C@@H](n2c(NC(=O)c3ccnc(C)c3)nc3ccc(OC4CCOC4)c(Cl)c32)C1.C=COC=O.CS(=O)(=O)OC1CCOC1.Cc1cc(C(=O)Nc2nc3ccc(O)c(Cl)c3n2[C@@H]2CCCCN(C(=O)OC(C)(C)C)C2)ccn1.Cc1cc(C(=O)Nc2nc3ccc(OC4CCOC4)c(Cl)c3n2[C@@H]2CCCCN(C(=O)OC(C)(C)C)C2)ccn1.O=CO[O-].[Cs+].[Cs+].[H-]. The van der Waals surface area contributed by atoms with Gasteiger partial charge in [0.05, 0.1) is 96.8 Å². The van der Waals surface area contributed by atoms with Gasteiger partial charge in [0.1, 0.15) is 61.8 Å². The minimum atomic E-state index is -3.29. The summed E-state index contributed by atoms with van der Waals surface area (Å²) in [6, 6.07) is 19.9. The van der Waals surface area contributed by atoms with E-state index in [-0.39, 0.29) is 251 Å². The normalized spacial score (nSPS) is 17.7. The quantitative estimate of drug-likeness (QED) is 0.00854. The largest absolute Gasteiger partial charge is 1.00 e. The number of likely N-dealkylation sites (tertiary alicyclic amines) is 3. The van der Waals surface area contributed by atoms with Crippen LogP contribution in [0.3, 0.4) is 0 Å². The number of rotatable bonds is 19. The number of nitrogens with zero attached hydrogens (tertiary/aromatic N) is 12. The molecule has 37 nitrogen and oxygen atoms in total. The number of carbonyl (C=O) groups excluding carboxylic acids is 8. The van der Waals surface area contributed by atoms with Gasteiger partial charge in [0.25, 0.3) is 40.8 Å². The van der Waals surface area contributed by atoms with Gasteiger partial charge in [-0.15, -0.1) is 12.8 Å². The molecule has 0 spiro atoms. The smallest absolute Gasteiger partial charge is 1.00 e. The number of phenols is 1. The number of benzene rings is 3. The van der Waals surface area contributed by atoms with Crippen LogP contribution in [0.4, 0.5) is 27.4 Å². The van der Waals surface area contributed by atoms with Gasteiger partial charge < -0.3 is 83.0 Å². The van der Waals surface area contributed by atoms with E-state index in [9.17, 15) is 42.3 Å². The van der Waals surface area contributed by atoms with Crippen molar-refractivity contribution < 1.29 is 243 Å². The van der Waals surface area contributed by atoms with Crippen LogP contribution in [0.25, 0.3) is 33.1 Å². The average Bonchev–Trinajstić information content (AvgIpc) is 1.62. The number of aromatic hydroxyl groups is 1. The van der Waals surface area contributed by atoms with Crippen molar-refractivity contribution in [3.05, 3.63) is 166 Å². The van der Waals surface area contributed by atoms with Gasteiger partial charge in [-0.3, -0.25) is 63.9 Å². The topological polar surface area (TPSA) is 444 Å². The van der Waals surface area contributed by atoms with Gasteiger partial charge >= 0.3 is 150 Å². The number of anilines is 3. The van der Waals surface area contributed by atoms with Crippen LogP contribution in [0.2, 0.25) is 15.1 Å². The molecule has 6 fully saturated rings. The maximum absolute atomic E-state index is 13.3. The Morgan fingerprint density at radius 3 is 1.15 bits per heavy atom. The van der Waals surface area contributed by atoms with E-state index < -0.39 is 21.3 Å². The van der Waals surface area contributed by atoms with E-state index in [0.29, 0.717) is 181 Å². The van der Waals surface area contributed by atoms with E-state index in [1.807, 2.05) is 88.1 Å². The Balaban J connectivity index is 0.000000475. The van der Waals surface area contributed by atoms with E-state index in [1.54, 1.807) is 87.9 Å². The van der Waals surface area contributed by atoms with E-state index in [4.69, 9.17) is 92.8 Å². The van der Waals surface area contributed by atoms with Crippen LogP contribution < -0.4 is 168 Å². The van der Waals surface area contributed by atoms with Crippen molar-refractivity contribution in [1.29, 1.82) is 0 Å². The van der Waals surface area contributed by atoms with Crippen molar-refractivity contribution in [3.63, 3.8) is 0 Å². The van der Waals surface area contributed by atoms with Crippen LogP contribution in [0.1, 0.15) is 209 Å². The van der Waals surface area contributed by atoms with Crippen LogP contribution in [-0.4, -0.2) is 235 Å². The first-order valence-corrected chi connectivity index (χ1v) is 46.0. The molecule has 6 saturated heterocycles. The molecule has 6 amide bonds. The summed E-state index contributed by atoms with van der Waals surface area (Å²) in [6.07, 6.45) is 24.8. The predicted octanol–water partition coefficient (Wildman–Crippen LogP) is 10.4. The van der Waals surface area contributed by atoms with Gasteiger partial charge in [0.15, 0.2) is 0 Å². The summed E-state index contributed by atoms with van der Waals surface area (Å²) in [5.41, 5.74) is 5.96. The van der Waals surface area contributed by atoms with Gasteiger partial charge in [0.2, 0.25) is 23.8 Å². The summed E-state index contributed by atoms with van der Waals surface area (Å²) in [4.78, 5) is 130. The van der Waals surface area contributed by atoms with Crippen LogP contribution in [0, 0.1) is 33.6 Å². The van der Waals surface area contributed by atoms with E-state index in [2.05, 4.69) is 75.7 Å². The second-order valence-corrected chi connectivity index (χ2v) is 36.2. The zero-order valence-corrected chi connectivity index (χ0v) is 93.5. The van der Waals surface area contributed by atoms with E-state index in [1.165, 1.54) is 12.1 Å². The van der Waals surface area contributed by atoms with Crippen molar-refractivity contribution in [2.24, 2.45) is 0 Å². The first-order chi connectivity index (χ1) is 63.5. The van der Waals surface area contributed by atoms with Crippen LogP contribution in [0.5, 0.6) is 17.2 Å². The molecule has 15 rings (SSSR count). The van der Waals surface area contributed by atoms with E-state index >= 15 is 0 Å². The monoisotopic (exact) mass is 2230 g/mol. The number of nitrogens with one attached hydrogen (secondary N) is 3. The molecule has 138 heavy (non-hydrogen) atoms. The van der Waals surface area contributed by atoms with Crippen LogP contribution in [0.15, 0.2) is 117 Å². The number of aromatic nitrogens is 9. The Hall–Kier alpha value is -7.96. The number of terminal acetylenes is 1. The molecule has 742 valence electrons.